The lowest BCUT2D eigenvalue weighted by Gasteiger charge is -2.30. The van der Waals surface area contributed by atoms with Gasteiger partial charge < -0.3 is 34.9 Å². The van der Waals surface area contributed by atoms with Crippen molar-refractivity contribution in [2.24, 2.45) is 5.92 Å². The molecule has 0 aliphatic carbocycles. The molecule has 3 N–H and O–H groups in total. The third-order valence-corrected chi connectivity index (χ3v) is 8.73. The number of rotatable bonds is 13. The minimum absolute atomic E-state index is 0.0142. The summed E-state index contributed by atoms with van der Waals surface area (Å²) in [6, 6.07) is 24.7. The number of fused-ring (bicyclic) bond motifs is 1. The minimum atomic E-state index is -0.967. The molecule has 2 aliphatic heterocycles. The van der Waals surface area contributed by atoms with Gasteiger partial charge in [-0.3, -0.25) is 4.79 Å². The highest BCUT2D eigenvalue weighted by molar-refractivity contribution is 5.82. The topological polar surface area (TPSA) is 109 Å². The number of carbonyl (C=O) groups excluding carboxylic acids is 2. The molecule has 5 rings (SSSR count). The van der Waals surface area contributed by atoms with Crippen LogP contribution in [0.25, 0.3) is 0 Å². The minimum Gasteiger partial charge on any atom is -0.443 e. The monoisotopic (exact) mass is 615 g/mol. The van der Waals surface area contributed by atoms with Gasteiger partial charge >= 0.3 is 6.09 Å². The molecule has 2 fully saturated rings. The molecule has 0 aromatic heterocycles. The van der Waals surface area contributed by atoms with E-state index in [2.05, 4.69) is 10.6 Å². The second-order valence-corrected chi connectivity index (χ2v) is 12.3. The van der Waals surface area contributed by atoms with Gasteiger partial charge in [-0.25, -0.2) is 4.79 Å². The fourth-order valence-corrected chi connectivity index (χ4v) is 6.54. The Bertz CT molecular complexity index is 1380. The zero-order valence-electron chi connectivity index (χ0n) is 26.4. The Labute approximate surface area is 265 Å². The Hall–Kier alpha value is -3.92. The molecule has 2 aliphatic rings. The largest absolute Gasteiger partial charge is 0.443 e. The predicted octanol–water partition coefficient (Wildman–Crippen LogP) is 4.32. The number of likely N-dealkylation sites (N-methyl/N-ethyl adjacent to an activating group) is 1. The van der Waals surface area contributed by atoms with Crippen molar-refractivity contribution in [2.45, 2.75) is 70.1 Å². The van der Waals surface area contributed by atoms with Gasteiger partial charge in [0.2, 0.25) is 5.91 Å². The summed E-state index contributed by atoms with van der Waals surface area (Å²) in [4.78, 5) is 28.5. The lowest BCUT2D eigenvalue weighted by Crippen LogP contribution is -2.50. The summed E-state index contributed by atoms with van der Waals surface area (Å²) in [5.74, 6) is -0.130. The third-order valence-electron chi connectivity index (χ3n) is 8.73. The van der Waals surface area contributed by atoms with Crippen LogP contribution in [0.5, 0.6) is 0 Å². The van der Waals surface area contributed by atoms with Gasteiger partial charge in [-0.2, -0.15) is 0 Å². The van der Waals surface area contributed by atoms with Crippen molar-refractivity contribution >= 4 is 17.7 Å². The second-order valence-electron chi connectivity index (χ2n) is 12.3. The number of benzene rings is 3. The summed E-state index contributed by atoms with van der Waals surface area (Å²) in [5, 5.41) is 17.8. The van der Waals surface area contributed by atoms with E-state index >= 15 is 0 Å². The van der Waals surface area contributed by atoms with E-state index in [-0.39, 0.29) is 43.7 Å². The number of alkyl carbamates (subject to hydrolysis) is 1. The highest BCUT2D eigenvalue weighted by Gasteiger charge is 2.44. The average Bonchev–Trinajstić information content (AvgIpc) is 3.63. The van der Waals surface area contributed by atoms with Crippen LogP contribution in [0.3, 0.4) is 0 Å². The molecule has 2 heterocycles. The normalized spacial score (nSPS) is 20.9. The Morgan fingerprint density at radius 3 is 2.22 bits per heavy atom. The summed E-state index contributed by atoms with van der Waals surface area (Å²) >= 11 is 0. The number of para-hydroxylation sites is 1. The van der Waals surface area contributed by atoms with Crippen molar-refractivity contribution < 1.29 is 28.9 Å². The third kappa shape index (κ3) is 8.84. The van der Waals surface area contributed by atoms with E-state index in [4.69, 9.17) is 14.2 Å². The molecule has 9 heteroatoms. The van der Waals surface area contributed by atoms with Crippen LogP contribution in [0.4, 0.5) is 10.5 Å². The standard InChI is InChI=1S/C36H45N3O6/c1-24-11-10-12-25(2)34(24)39(3)22-33(41)37-28(19-26-13-6-4-7-14-26)21-31(40)30(20-27-15-8-5-9-16-27)38-36(42)45-32-23-44-35-29(32)17-18-43-35/h4-16,28-32,35,40H,17-23H2,1-3H3,(H,37,41)(H,38,42)/t28-,29-,30-,31-,32-,35+/m0/s1. The lowest BCUT2D eigenvalue weighted by atomic mass is 9.93. The van der Waals surface area contributed by atoms with Crippen LogP contribution >= 0.6 is 0 Å². The Kier molecular flexibility index (Phi) is 11.1. The van der Waals surface area contributed by atoms with Crippen molar-refractivity contribution in [3.05, 3.63) is 101 Å². The number of carbonyl (C=O) groups is 2. The van der Waals surface area contributed by atoms with Gasteiger partial charge in [0, 0.05) is 18.8 Å². The quantitative estimate of drug-likeness (QED) is 0.263. The Morgan fingerprint density at radius 2 is 1.56 bits per heavy atom. The van der Waals surface area contributed by atoms with E-state index < -0.39 is 24.3 Å². The summed E-state index contributed by atoms with van der Waals surface area (Å²) in [7, 11) is 1.91. The van der Waals surface area contributed by atoms with E-state index in [0.717, 1.165) is 34.4 Å². The molecule has 0 spiro atoms. The van der Waals surface area contributed by atoms with Crippen molar-refractivity contribution in [1.29, 1.82) is 0 Å². The number of ether oxygens (including phenoxy) is 3. The molecule has 0 saturated carbocycles. The number of aliphatic hydroxyl groups is 1. The van der Waals surface area contributed by atoms with E-state index in [1.807, 2.05) is 105 Å². The molecule has 45 heavy (non-hydrogen) atoms. The van der Waals surface area contributed by atoms with Crippen molar-refractivity contribution in [3.63, 3.8) is 0 Å². The predicted molar refractivity (Wildman–Crippen MR) is 173 cm³/mol. The van der Waals surface area contributed by atoms with Gasteiger partial charge in [-0.15, -0.1) is 0 Å². The van der Waals surface area contributed by atoms with Gasteiger partial charge in [0.05, 0.1) is 37.8 Å². The maximum Gasteiger partial charge on any atom is 0.407 e. The van der Waals surface area contributed by atoms with Crippen LogP contribution in [0, 0.1) is 19.8 Å². The summed E-state index contributed by atoms with van der Waals surface area (Å²) in [5.41, 5.74) is 5.24. The number of amides is 2. The average molecular weight is 616 g/mol. The van der Waals surface area contributed by atoms with Crippen molar-refractivity contribution in [2.75, 3.05) is 31.7 Å². The van der Waals surface area contributed by atoms with Gasteiger partial charge in [-0.05, 0) is 61.8 Å². The van der Waals surface area contributed by atoms with Gasteiger partial charge in [-0.1, -0.05) is 78.9 Å². The first kappa shape index (κ1) is 32.5. The first-order chi connectivity index (χ1) is 21.8. The first-order valence-electron chi connectivity index (χ1n) is 15.8. The van der Waals surface area contributed by atoms with Crippen molar-refractivity contribution in [3.8, 4) is 0 Å². The van der Waals surface area contributed by atoms with Crippen LogP contribution in [-0.4, -0.2) is 74.5 Å². The smallest absolute Gasteiger partial charge is 0.407 e. The number of nitrogens with one attached hydrogen (secondary N) is 2. The van der Waals surface area contributed by atoms with Crippen molar-refractivity contribution in [1.82, 2.24) is 10.6 Å². The first-order valence-corrected chi connectivity index (χ1v) is 15.8. The van der Waals surface area contributed by atoms with E-state index in [0.29, 0.717) is 19.4 Å². The maximum absolute atomic E-state index is 13.4. The fraction of sp³-hybridized carbons (Fsp3) is 0.444. The highest BCUT2D eigenvalue weighted by Crippen LogP contribution is 2.33. The molecule has 0 unspecified atom stereocenters. The molecule has 3 aromatic rings. The van der Waals surface area contributed by atoms with E-state index in [9.17, 15) is 14.7 Å². The Morgan fingerprint density at radius 1 is 0.911 bits per heavy atom. The van der Waals surface area contributed by atoms with Crippen LogP contribution in [0.1, 0.15) is 35.1 Å². The zero-order chi connectivity index (χ0) is 31.8. The molecular formula is C36H45N3O6. The van der Waals surface area contributed by atoms with Gasteiger partial charge in [0.1, 0.15) is 6.10 Å². The van der Waals surface area contributed by atoms with E-state index in [1.54, 1.807) is 0 Å². The second kappa shape index (κ2) is 15.4. The molecule has 3 aromatic carbocycles. The number of anilines is 1. The molecule has 0 radical (unpaired) electrons. The molecule has 2 saturated heterocycles. The number of aryl methyl sites for hydroxylation is 2. The summed E-state index contributed by atoms with van der Waals surface area (Å²) in [6.45, 7) is 5.11. The molecule has 0 bridgehead atoms. The summed E-state index contributed by atoms with van der Waals surface area (Å²) < 4.78 is 17.0. The van der Waals surface area contributed by atoms with Crippen LogP contribution in [0.15, 0.2) is 78.9 Å². The zero-order valence-corrected chi connectivity index (χ0v) is 26.4. The molecule has 9 nitrogen and oxygen atoms in total. The summed E-state index contributed by atoms with van der Waals surface area (Å²) in [6.07, 6.45) is -0.360. The molecule has 6 atom stereocenters. The molecule has 2 amide bonds. The van der Waals surface area contributed by atoms with Crippen LogP contribution < -0.4 is 15.5 Å². The lowest BCUT2D eigenvalue weighted by molar-refractivity contribution is -0.120. The molecule has 240 valence electrons. The maximum atomic E-state index is 13.4. The van der Waals surface area contributed by atoms with Gasteiger partial charge in [0.25, 0.3) is 0 Å². The van der Waals surface area contributed by atoms with Crippen LogP contribution in [0.2, 0.25) is 0 Å². The fourth-order valence-electron chi connectivity index (χ4n) is 6.54. The SMILES string of the molecule is Cc1cccc(C)c1N(C)CC(=O)N[C@@H](Cc1ccccc1)C[C@H](O)[C@H](Cc1ccccc1)NC(=O)O[C@H]1CO[C@H]2OCC[C@H]21. The molecular weight excluding hydrogens is 570 g/mol. The number of hydrogen-bond donors (Lipinski definition) is 3. The number of aliphatic hydroxyl groups excluding tert-OH is 1. The number of hydrogen-bond acceptors (Lipinski definition) is 7. The van der Waals surface area contributed by atoms with Gasteiger partial charge in [0.15, 0.2) is 6.29 Å². The van der Waals surface area contributed by atoms with E-state index in [1.165, 1.54) is 0 Å². The number of nitrogens with zero attached hydrogens (tertiary/aromatic N) is 1. The Balaban J connectivity index is 1.28. The van der Waals surface area contributed by atoms with Crippen LogP contribution in [-0.2, 0) is 31.8 Å². The highest BCUT2D eigenvalue weighted by atomic mass is 16.7.